The second-order valence-corrected chi connectivity index (χ2v) is 3.92. The van der Waals surface area contributed by atoms with Gasteiger partial charge in [0.2, 0.25) is 5.95 Å². The number of nitrogens with one attached hydrogen (secondary N) is 1. The molecule has 0 saturated carbocycles. The molecular weight excluding hydrogens is 262 g/mol. The number of nitrogens with two attached hydrogens (primary N) is 1. The van der Waals surface area contributed by atoms with E-state index < -0.39 is 11.6 Å². The quantitative estimate of drug-likeness (QED) is 0.842. The van der Waals surface area contributed by atoms with Gasteiger partial charge in [0, 0.05) is 12.6 Å². The zero-order valence-electron chi connectivity index (χ0n) is 9.12. The molecule has 1 aromatic carbocycles. The summed E-state index contributed by atoms with van der Waals surface area (Å²) in [7, 11) is 0. The molecule has 0 aliphatic carbocycles. The predicted molar refractivity (Wildman–Crippen MR) is 65.1 cm³/mol. The molecule has 18 heavy (non-hydrogen) atoms. The molecule has 1 heterocycles. The molecular formula is C11H9ClF2N4. The number of rotatable bonds is 3. The molecule has 2 rings (SSSR count). The second kappa shape index (κ2) is 5.14. The predicted octanol–water partition coefficient (Wildman–Crippen LogP) is 2.60. The maximum atomic E-state index is 13.0. The van der Waals surface area contributed by atoms with Crippen molar-refractivity contribution in [2.75, 3.05) is 11.1 Å². The highest BCUT2D eigenvalue weighted by Crippen LogP contribution is 2.14. The topological polar surface area (TPSA) is 63.8 Å². The van der Waals surface area contributed by atoms with Crippen molar-refractivity contribution in [1.82, 2.24) is 9.97 Å². The van der Waals surface area contributed by atoms with E-state index in [1.54, 1.807) is 0 Å². The third kappa shape index (κ3) is 3.04. The Labute approximate surface area is 107 Å². The van der Waals surface area contributed by atoms with Crippen LogP contribution in [-0.4, -0.2) is 9.97 Å². The highest BCUT2D eigenvalue weighted by atomic mass is 35.5. The van der Waals surface area contributed by atoms with Crippen molar-refractivity contribution in [1.29, 1.82) is 0 Å². The molecule has 0 amide bonds. The normalized spacial score (nSPS) is 10.4. The zero-order chi connectivity index (χ0) is 13.1. The molecule has 0 unspecified atom stereocenters. The van der Waals surface area contributed by atoms with Crippen molar-refractivity contribution in [2.45, 2.75) is 6.54 Å². The Morgan fingerprint density at radius 1 is 1.17 bits per heavy atom. The fraction of sp³-hybridized carbons (Fsp3) is 0.0909. The Morgan fingerprint density at radius 2 is 1.94 bits per heavy atom. The Hall–Kier alpha value is -1.95. The first-order chi connectivity index (χ1) is 8.54. The summed E-state index contributed by atoms with van der Waals surface area (Å²) in [6.07, 6.45) is 0. The van der Waals surface area contributed by atoms with E-state index in [2.05, 4.69) is 15.3 Å². The lowest BCUT2D eigenvalue weighted by Crippen LogP contribution is -2.05. The maximum Gasteiger partial charge on any atom is 0.223 e. The lowest BCUT2D eigenvalue weighted by atomic mass is 10.2. The van der Waals surface area contributed by atoms with Crippen LogP contribution in [0.2, 0.25) is 5.15 Å². The van der Waals surface area contributed by atoms with Crippen molar-refractivity contribution < 1.29 is 8.78 Å². The average Bonchev–Trinajstić information content (AvgIpc) is 2.29. The SMILES string of the molecule is Nc1nc(Cl)cc(NCc2ccc(F)c(F)c2)n1. The summed E-state index contributed by atoms with van der Waals surface area (Å²) in [5.41, 5.74) is 5.99. The van der Waals surface area contributed by atoms with Gasteiger partial charge in [-0.1, -0.05) is 17.7 Å². The lowest BCUT2D eigenvalue weighted by Gasteiger charge is -2.06. The van der Waals surface area contributed by atoms with E-state index in [0.29, 0.717) is 11.4 Å². The number of nitrogen functional groups attached to an aromatic ring is 1. The molecule has 0 fully saturated rings. The third-order valence-corrected chi connectivity index (χ3v) is 2.36. The smallest absolute Gasteiger partial charge is 0.223 e. The van der Waals surface area contributed by atoms with Crippen molar-refractivity contribution >= 4 is 23.4 Å². The summed E-state index contributed by atoms with van der Waals surface area (Å²) in [5.74, 6) is -1.32. The molecule has 3 N–H and O–H groups in total. The van der Waals surface area contributed by atoms with Crippen LogP contribution in [0.5, 0.6) is 0 Å². The van der Waals surface area contributed by atoms with Crippen molar-refractivity contribution in [2.24, 2.45) is 0 Å². The minimum atomic E-state index is -0.894. The van der Waals surface area contributed by atoms with Gasteiger partial charge in [-0.15, -0.1) is 0 Å². The van der Waals surface area contributed by atoms with Crippen LogP contribution in [-0.2, 0) is 6.54 Å². The summed E-state index contributed by atoms with van der Waals surface area (Å²) in [6.45, 7) is 0.268. The van der Waals surface area contributed by atoms with E-state index in [1.165, 1.54) is 12.1 Å². The van der Waals surface area contributed by atoms with Crippen LogP contribution in [0.1, 0.15) is 5.56 Å². The van der Waals surface area contributed by atoms with E-state index in [1.807, 2.05) is 0 Å². The summed E-state index contributed by atoms with van der Waals surface area (Å²) in [5, 5.41) is 3.09. The average molecular weight is 271 g/mol. The van der Waals surface area contributed by atoms with E-state index >= 15 is 0 Å². The maximum absolute atomic E-state index is 13.0. The Balaban J connectivity index is 2.08. The Bertz CT molecular complexity index is 557. The van der Waals surface area contributed by atoms with Gasteiger partial charge in [-0.25, -0.2) is 13.8 Å². The number of aromatic nitrogens is 2. The lowest BCUT2D eigenvalue weighted by molar-refractivity contribution is 0.507. The van der Waals surface area contributed by atoms with Gasteiger partial charge in [0.05, 0.1) is 0 Å². The molecule has 94 valence electrons. The van der Waals surface area contributed by atoms with Crippen LogP contribution in [0, 0.1) is 11.6 Å². The van der Waals surface area contributed by atoms with Crippen LogP contribution in [0.4, 0.5) is 20.5 Å². The molecule has 0 spiro atoms. The number of hydrogen-bond acceptors (Lipinski definition) is 4. The van der Waals surface area contributed by atoms with Crippen LogP contribution < -0.4 is 11.1 Å². The first-order valence-electron chi connectivity index (χ1n) is 5.02. The van der Waals surface area contributed by atoms with Gasteiger partial charge >= 0.3 is 0 Å². The number of anilines is 2. The molecule has 0 saturated heterocycles. The molecule has 4 nitrogen and oxygen atoms in total. The largest absolute Gasteiger partial charge is 0.368 e. The standard InChI is InChI=1S/C11H9ClF2N4/c12-9-4-10(18-11(15)17-9)16-5-6-1-2-7(13)8(14)3-6/h1-4H,5H2,(H3,15,16,17,18). The van der Waals surface area contributed by atoms with Gasteiger partial charge < -0.3 is 11.1 Å². The minimum Gasteiger partial charge on any atom is -0.368 e. The molecule has 0 aliphatic rings. The minimum absolute atomic E-state index is 0.0373. The van der Waals surface area contributed by atoms with Gasteiger partial charge in [-0.3, -0.25) is 0 Å². The molecule has 7 heteroatoms. The highest BCUT2D eigenvalue weighted by molar-refractivity contribution is 6.29. The molecule has 2 aromatic rings. The Kier molecular flexibility index (Phi) is 3.57. The van der Waals surface area contributed by atoms with Crippen LogP contribution in [0.3, 0.4) is 0 Å². The van der Waals surface area contributed by atoms with Gasteiger partial charge in [0.15, 0.2) is 11.6 Å². The number of nitrogens with zero attached hydrogens (tertiary/aromatic N) is 2. The van der Waals surface area contributed by atoms with Gasteiger partial charge in [-0.05, 0) is 17.7 Å². The molecule has 0 bridgehead atoms. The van der Waals surface area contributed by atoms with E-state index in [9.17, 15) is 8.78 Å². The van der Waals surface area contributed by atoms with Crippen LogP contribution >= 0.6 is 11.6 Å². The Morgan fingerprint density at radius 3 is 2.61 bits per heavy atom. The number of benzene rings is 1. The summed E-state index contributed by atoms with van der Waals surface area (Å²) < 4.78 is 25.7. The molecule has 1 aromatic heterocycles. The fourth-order valence-electron chi connectivity index (χ4n) is 1.37. The number of halogens is 3. The monoisotopic (exact) mass is 270 g/mol. The summed E-state index contributed by atoms with van der Waals surface area (Å²) in [6, 6.07) is 5.12. The summed E-state index contributed by atoms with van der Waals surface area (Å²) >= 11 is 5.70. The van der Waals surface area contributed by atoms with Crippen molar-refractivity contribution in [3.63, 3.8) is 0 Å². The van der Waals surface area contributed by atoms with E-state index in [-0.39, 0.29) is 17.6 Å². The fourth-order valence-corrected chi connectivity index (χ4v) is 1.56. The van der Waals surface area contributed by atoms with Gasteiger partial charge in [0.1, 0.15) is 11.0 Å². The van der Waals surface area contributed by atoms with Gasteiger partial charge in [0.25, 0.3) is 0 Å². The zero-order valence-corrected chi connectivity index (χ0v) is 9.88. The van der Waals surface area contributed by atoms with Crippen LogP contribution in [0.15, 0.2) is 24.3 Å². The third-order valence-electron chi connectivity index (χ3n) is 2.17. The first-order valence-corrected chi connectivity index (χ1v) is 5.40. The van der Waals surface area contributed by atoms with E-state index in [4.69, 9.17) is 17.3 Å². The van der Waals surface area contributed by atoms with Crippen molar-refractivity contribution in [3.05, 3.63) is 46.6 Å². The summed E-state index contributed by atoms with van der Waals surface area (Å²) in [4.78, 5) is 7.59. The van der Waals surface area contributed by atoms with Crippen LogP contribution in [0.25, 0.3) is 0 Å². The first kappa shape index (κ1) is 12.5. The van der Waals surface area contributed by atoms with E-state index in [0.717, 1.165) is 12.1 Å². The highest BCUT2D eigenvalue weighted by Gasteiger charge is 2.04. The molecule has 0 radical (unpaired) electrons. The second-order valence-electron chi connectivity index (χ2n) is 3.54. The molecule has 0 atom stereocenters. The van der Waals surface area contributed by atoms with Gasteiger partial charge in [-0.2, -0.15) is 4.98 Å². The molecule has 0 aliphatic heterocycles. The number of hydrogen-bond donors (Lipinski definition) is 2. The van der Waals surface area contributed by atoms with Crippen molar-refractivity contribution in [3.8, 4) is 0 Å².